The van der Waals surface area contributed by atoms with Crippen LogP contribution in [0.25, 0.3) is 33.7 Å². The summed E-state index contributed by atoms with van der Waals surface area (Å²) in [4.78, 5) is 4.60. The largest absolute Gasteiger partial charge is 0.436 e. The molecule has 4 heteroatoms. The lowest BCUT2D eigenvalue weighted by atomic mass is 10.1. The molecule has 0 amide bonds. The average molecular weight is 385 g/mol. The van der Waals surface area contributed by atoms with E-state index in [9.17, 15) is 0 Å². The highest BCUT2D eigenvalue weighted by molar-refractivity contribution is 9.10. The molecule has 0 radical (unpaired) electrons. The quantitative estimate of drug-likeness (QED) is 0.390. The number of halogens is 2. The number of fused-ring (bicyclic) bond motifs is 1. The third-order valence-electron chi connectivity index (χ3n) is 3.65. The summed E-state index contributed by atoms with van der Waals surface area (Å²) < 4.78 is 6.80. The number of oxazole rings is 1. The van der Waals surface area contributed by atoms with E-state index < -0.39 is 0 Å². The molecule has 23 heavy (non-hydrogen) atoms. The molecule has 0 fully saturated rings. The van der Waals surface area contributed by atoms with Crippen LogP contribution in [0.15, 0.2) is 75.6 Å². The van der Waals surface area contributed by atoms with Gasteiger partial charge >= 0.3 is 0 Å². The number of benzene rings is 3. The minimum absolute atomic E-state index is 0.525. The molecule has 0 aliphatic rings. The first-order valence-corrected chi connectivity index (χ1v) is 8.29. The first-order valence-electron chi connectivity index (χ1n) is 7.12. The summed E-state index contributed by atoms with van der Waals surface area (Å²) in [7, 11) is 0. The fourth-order valence-corrected chi connectivity index (χ4v) is 3.07. The smallest absolute Gasteiger partial charge is 0.228 e. The zero-order chi connectivity index (χ0) is 15.8. The molecule has 0 aliphatic heterocycles. The van der Waals surface area contributed by atoms with Gasteiger partial charge < -0.3 is 4.42 Å². The fraction of sp³-hybridized carbons (Fsp3) is 0. The Morgan fingerprint density at radius 2 is 1.70 bits per heavy atom. The molecular weight excluding hydrogens is 374 g/mol. The molecule has 0 aliphatic carbocycles. The van der Waals surface area contributed by atoms with Crippen molar-refractivity contribution in [3.8, 4) is 22.6 Å². The van der Waals surface area contributed by atoms with Crippen LogP contribution in [0, 0.1) is 0 Å². The van der Waals surface area contributed by atoms with E-state index in [4.69, 9.17) is 16.0 Å². The van der Waals surface area contributed by atoms with Crippen LogP contribution in [0.2, 0.25) is 5.02 Å². The summed E-state index contributed by atoms with van der Waals surface area (Å²) >= 11 is 9.72. The van der Waals surface area contributed by atoms with Crippen molar-refractivity contribution in [3.05, 3.63) is 76.2 Å². The van der Waals surface area contributed by atoms with E-state index in [1.165, 1.54) is 0 Å². The van der Waals surface area contributed by atoms with Crippen LogP contribution >= 0.6 is 27.5 Å². The van der Waals surface area contributed by atoms with Crippen LogP contribution in [0.1, 0.15) is 0 Å². The van der Waals surface area contributed by atoms with E-state index in [1.54, 1.807) is 0 Å². The van der Waals surface area contributed by atoms with E-state index in [2.05, 4.69) is 33.0 Å². The molecule has 3 aromatic carbocycles. The van der Waals surface area contributed by atoms with Crippen molar-refractivity contribution in [3.63, 3.8) is 0 Å². The molecule has 0 spiro atoms. The second-order valence-electron chi connectivity index (χ2n) is 5.19. The number of rotatable bonds is 2. The summed E-state index contributed by atoms with van der Waals surface area (Å²) in [5, 5.41) is 0.614. The number of nitrogens with zero attached hydrogens (tertiary/aromatic N) is 1. The predicted molar refractivity (Wildman–Crippen MR) is 97.6 cm³/mol. The predicted octanol–water partition coefficient (Wildman–Crippen LogP) is 6.58. The van der Waals surface area contributed by atoms with Crippen LogP contribution in [-0.2, 0) is 0 Å². The molecule has 112 valence electrons. The zero-order valence-corrected chi connectivity index (χ0v) is 14.3. The molecule has 1 heterocycles. The van der Waals surface area contributed by atoms with Crippen molar-refractivity contribution < 1.29 is 4.42 Å². The maximum Gasteiger partial charge on any atom is 0.228 e. The van der Waals surface area contributed by atoms with Gasteiger partial charge in [0.2, 0.25) is 5.89 Å². The third-order valence-corrected chi connectivity index (χ3v) is 4.48. The van der Waals surface area contributed by atoms with E-state index in [1.807, 2.05) is 54.6 Å². The lowest BCUT2D eigenvalue weighted by Crippen LogP contribution is -1.80. The maximum absolute atomic E-state index is 6.26. The van der Waals surface area contributed by atoms with Crippen LogP contribution < -0.4 is 0 Å². The topological polar surface area (TPSA) is 26.0 Å². The molecule has 2 nitrogen and oxygen atoms in total. The Morgan fingerprint density at radius 3 is 2.52 bits per heavy atom. The second kappa shape index (κ2) is 5.84. The number of hydrogen-bond acceptors (Lipinski definition) is 2. The highest BCUT2D eigenvalue weighted by Crippen LogP contribution is 2.33. The zero-order valence-electron chi connectivity index (χ0n) is 12.0. The minimum atomic E-state index is 0.525. The first kappa shape index (κ1) is 14.5. The van der Waals surface area contributed by atoms with Gasteiger partial charge in [0.25, 0.3) is 0 Å². The lowest BCUT2D eigenvalue weighted by molar-refractivity contribution is 0.620. The van der Waals surface area contributed by atoms with Gasteiger partial charge in [-0.25, -0.2) is 4.98 Å². The molecular formula is C19H11BrClNO. The summed E-state index contributed by atoms with van der Waals surface area (Å²) in [6.45, 7) is 0. The normalized spacial score (nSPS) is 11.0. The van der Waals surface area contributed by atoms with Crippen LogP contribution in [-0.4, -0.2) is 4.98 Å². The highest BCUT2D eigenvalue weighted by atomic mass is 79.9. The van der Waals surface area contributed by atoms with Gasteiger partial charge in [-0.3, -0.25) is 0 Å². The van der Waals surface area contributed by atoms with Gasteiger partial charge in [0.05, 0.1) is 10.6 Å². The Bertz CT molecular complexity index is 995. The molecule has 0 bridgehead atoms. The van der Waals surface area contributed by atoms with E-state index in [0.29, 0.717) is 10.9 Å². The Labute approximate surface area is 146 Å². The second-order valence-corrected chi connectivity index (χ2v) is 6.51. The third kappa shape index (κ3) is 2.78. The van der Waals surface area contributed by atoms with Gasteiger partial charge in [0, 0.05) is 4.47 Å². The number of aromatic nitrogens is 1. The van der Waals surface area contributed by atoms with Gasteiger partial charge in [0.1, 0.15) is 5.52 Å². The Kier molecular flexibility index (Phi) is 3.68. The van der Waals surface area contributed by atoms with Gasteiger partial charge in [-0.05, 0) is 41.5 Å². The van der Waals surface area contributed by atoms with Crippen LogP contribution in [0.3, 0.4) is 0 Å². The van der Waals surface area contributed by atoms with Crippen molar-refractivity contribution in [1.82, 2.24) is 4.98 Å². The van der Waals surface area contributed by atoms with E-state index >= 15 is 0 Å². The lowest BCUT2D eigenvalue weighted by Gasteiger charge is -1.99. The van der Waals surface area contributed by atoms with Crippen molar-refractivity contribution in [2.75, 3.05) is 0 Å². The number of hydrogen-bond donors (Lipinski definition) is 0. The van der Waals surface area contributed by atoms with Crippen LogP contribution in [0.4, 0.5) is 0 Å². The Balaban J connectivity index is 1.84. The Morgan fingerprint density at radius 1 is 0.870 bits per heavy atom. The molecule has 1 aromatic heterocycles. The molecule has 4 aromatic rings. The summed E-state index contributed by atoms with van der Waals surface area (Å²) in [6.07, 6.45) is 0. The fourth-order valence-electron chi connectivity index (χ4n) is 2.51. The van der Waals surface area contributed by atoms with Crippen LogP contribution in [0.5, 0.6) is 0 Å². The molecule has 4 rings (SSSR count). The summed E-state index contributed by atoms with van der Waals surface area (Å²) in [6, 6.07) is 21.8. The monoisotopic (exact) mass is 383 g/mol. The van der Waals surface area contributed by atoms with Crippen molar-refractivity contribution in [2.45, 2.75) is 0 Å². The Hall–Kier alpha value is -2.10. The molecule has 0 unspecified atom stereocenters. The van der Waals surface area contributed by atoms with Crippen molar-refractivity contribution in [2.24, 2.45) is 0 Å². The highest BCUT2D eigenvalue weighted by Gasteiger charge is 2.13. The van der Waals surface area contributed by atoms with Crippen molar-refractivity contribution in [1.29, 1.82) is 0 Å². The molecule has 0 saturated heterocycles. The molecule has 0 saturated carbocycles. The van der Waals surface area contributed by atoms with Gasteiger partial charge in [-0.15, -0.1) is 0 Å². The van der Waals surface area contributed by atoms with Gasteiger partial charge in [-0.1, -0.05) is 63.9 Å². The minimum Gasteiger partial charge on any atom is -0.436 e. The average Bonchev–Trinajstić information content (AvgIpc) is 3.00. The van der Waals surface area contributed by atoms with E-state index in [-0.39, 0.29) is 0 Å². The van der Waals surface area contributed by atoms with Gasteiger partial charge in [0.15, 0.2) is 5.58 Å². The maximum atomic E-state index is 6.26. The summed E-state index contributed by atoms with van der Waals surface area (Å²) in [5.74, 6) is 0.525. The van der Waals surface area contributed by atoms with Gasteiger partial charge in [-0.2, -0.15) is 0 Å². The summed E-state index contributed by atoms with van der Waals surface area (Å²) in [5.41, 5.74) is 4.60. The SMILES string of the molecule is Clc1ccc(Br)cc1-c1nc2cc(-c3ccccc3)ccc2o1. The van der Waals surface area contributed by atoms with E-state index in [0.717, 1.165) is 32.3 Å². The van der Waals surface area contributed by atoms with Crippen molar-refractivity contribution >= 4 is 38.6 Å². The molecule has 0 N–H and O–H groups in total. The molecule has 0 atom stereocenters. The first-order chi connectivity index (χ1) is 11.2. The standard InChI is InChI=1S/C19H11BrClNO/c20-14-7-8-16(21)15(11-14)19-22-17-10-13(6-9-18(17)23-19)12-4-2-1-3-5-12/h1-11H.